The number of nitrogen functional groups attached to an aromatic ring is 1. The van der Waals surface area contributed by atoms with Gasteiger partial charge in [0.15, 0.2) is 0 Å². The van der Waals surface area contributed by atoms with Gasteiger partial charge in [0.1, 0.15) is 0 Å². The van der Waals surface area contributed by atoms with Crippen LogP contribution in [-0.2, 0) is 11.3 Å². The molecule has 0 atom stereocenters. The molecule has 1 aromatic heterocycles. The number of anilines is 1. The zero-order chi connectivity index (χ0) is 14.7. The third-order valence-corrected chi connectivity index (χ3v) is 4.26. The summed E-state index contributed by atoms with van der Waals surface area (Å²) in [5, 5.41) is 4.15. The smallest absolute Gasteiger partial charge is 0.247 e. The van der Waals surface area contributed by atoms with E-state index >= 15 is 0 Å². The van der Waals surface area contributed by atoms with Crippen LogP contribution in [0.25, 0.3) is 6.08 Å². The number of nitrogens with zero attached hydrogens (tertiary/aromatic N) is 1. The zero-order valence-electron chi connectivity index (χ0n) is 11.7. The summed E-state index contributed by atoms with van der Waals surface area (Å²) < 4.78 is 0. The Morgan fingerprint density at radius 3 is 2.90 bits per heavy atom. The summed E-state index contributed by atoms with van der Waals surface area (Å²) in [7, 11) is 0. The highest BCUT2D eigenvalue weighted by Crippen LogP contribution is 2.29. The molecule has 21 heavy (non-hydrogen) atoms. The van der Waals surface area contributed by atoms with Gasteiger partial charge in [-0.3, -0.25) is 4.79 Å². The Hall–Kier alpha value is -2.07. The number of carbonyl (C=O) groups excluding carboxylic acids is 1. The summed E-state index contributed by atoms with van der Waals surface area (Å²) in [6.07, 6.45) is 5.71. The minimum Gasteiger partial charge on any atom is -0.399 e. The minimum atomic E-state index is 0.0751. The van der Waals surface area contributed by atoms with Gasteiger partial charge in [-0.25, -0.2) is 0 Å². The standard InChI is InChI=1S/C17H18N2OS/c18-15-3-1-2-13(10-15)4-7-17(20)19(16-5-6-16)11-14-8-9-21-12-14/h1-4,7-10,12,16H,5-6,11,18H2/b7-4+. The summed E-state index contributed by atoms with van der Waals surface area (Å²) in [5.74, 6) is 0.0751. The molecule has 3 nitrogen and oxygen atoms in total. The third-order valence-electron chi connectivity index (χ3n) is 3.53. The average molecular weight is 298 g/mol. The van der Waals surface area contributed by atoms with E-state index in [1.165, 1.54) is 5.56 Å². The molecule has 0 aliphatic heterocycles. The van der Waals surface area contributed by atoms with Gasteiger partial charge in [0.25, 0.3) is 0 Å². The van der Waals surface area contributed by atoms with Gasteiger partial charge in [0.05, 0.1) is 0 Å². The van der Waals surface area contributed by atoms with Gasteiger partial charge < -0.3 is 10.6 Å². The summed E-state index contributed by atoms with van der Waals surface area (Å²) in [6, 6.07) is 10.0. The lowest BCUT2D eigenvalue weighted by Crippen LogP contribution is -2.30. The summed E-state index contributed by atoms with van der Waals surface area (Å²) in [6.45, 7) is 0.703. The number of rotatable bonds is 5. The maximum absolute atomic E-state index is 12.4. The SMILES string of the molecule is Nc1cccc(/C=C/C(=O)N(Cc2ccsc2)C2CC2)c1. The first-order valence-electron chi connectivity index (χ1n) is 7.08. The van der Waals surface area contributed by atoms with Crippen LogP contribution < -0.4 is 5.73 Å². The second-order valence-electron chi connectivity index (χ2n) is 5.33. The van der Waals surface area contributed by atoms with Gasteiger partial charge in [-0.05, 0) is 59.0 Å². The Kier molecular flexibility index (Phi) is 4.06. The van der Waals surface area contributed by atoms with Crippen LogP contribution in [0.15, 0.2) is 47.2 Å². The molecule has 1 aliphatic rings. The fourth-order valence-electron chi connectivity index (χ4n) is 2.28. The first-order valence-corrected chi connectivity index (χ1v) is 8.02. The molecule has 1 saturated carbocycles. The lowest BCUT2D eigenvalue weighted by molar-refractivity contribution is -0.127. The highest BCUT2D eigenvalue weighted by atomic mass is 32.1. The molecule has 3 rings (SSSR count). The summed E-state index contributed by atoms with van der Waals surface area (Å²) in [4.78, 5) is 14.4. The Labute approximate surface area is 128 Å². The van der Waals surface area contributed by atoms with Crippen LogP contribution in [0.1, 0.15) is 24.0 Å². The largest absolute Gasteiger partial charge is 0.399 e. The third kappa shape index (κ3) is 3.73. The molecule has 2 N–H and O–H groups in total. The molecule has 1 aromatic carbocycles. The quantitative estimate of drug-likeness (QED) is 0.678. The van der Waals surface area contributed by atoms with Gasteiger partial charge >= 0.3 is 0 Å². The van der Waals surface area contributed by atoms with Crippen molar-refractivity contribution in [1.82, 2.24) is 4.90 Å². The minimum absolute atomic E-state index is 0.0751. The highest BCUT2D eigenvalue weighted by Gasteiger charge is 2.31. The molecule has 1 amide bonds. The Balaban J connectivity index is 1.69. The molecule has 0 bridgehead atoms. The number of amides is 1. The first kappa shape index (κ1) is 13.9. The van der Waals surface area contributed by atoms with Crippen LogP contribution in [-0.4, -0.2) is 16.8 Å². The second kappa shape index (κ2) is 6.14. The van der Waals surface area contributed by atoms with Crippen LogP contribution in [0, 0.1) is 0 Å². The van der Waals surface area contributed by atoms with E-state index in [1.54, 1.807) is 17.4 Å². The van der Waals surface area contributed by atoms with Gasteiger partial charge in [-0.15, -0.1) is 0 Å². The number of hydrogen-bond acceptors (Lipinski definition) is 3. The van der Waals surface area contributed by atoms with Gasteiger partial charge in [0, 0.05) is 24.4 Å². The molecule has 1 fully saturated rings. The maximum Gasteiger partial charge on any atom is 0.247 e. The summed E-state index contributed by atoms with van der Waals surface area (Å²) >= 11 is 1.67. The van der Waals surface area contributed by atoms with Crippen molar-refractivity contribution in [3.8, 4) is 0 Å². The Morgan fingerprint density at radius 1 is 1.38 bits per heavy atom. The van der Waals surface area contributed by atoms with E-state index in [4.69, 9.17) is 5.73 Å². The normalized spacial score (nSPS) is 14.5. The first-order chi connectivity index (χ1) is 10.2. The summed E-state index contributed by atoms with van der Waals surface area (Å²) in [5.41, 5.74) is 8.61. The fraction of sp³-hybridized carbons (Fsp3) is 0.235. The van der Waals surface area contributed by atoms with E-state index in [0.29, 0.717) is 18.3 Å². The van der Waals surface area contributed by atoms with Gasteiger partial charge in [-0.2, -0.15) is 11.3 Å². The predicted molar refractivity (Wildman–Crippen MR) is 87.8 cm³/mol. The monoisotopic (exact) mass is 298 g/mol. The molecule has 1 aliphatic carbocycles. The van der Waals surface area contributed by atoms with Crippen molar-refractivity contribution in [2.75, 3.05) is 5.73 Å². The number of nitrogens with two attached hydrogens (primary N) is 1. The van der Waals surface area contributed by atoms with Crippen molar-refractivity contribution < 1.29 is 4.79 Å². The van der Waals surface area contributed by atoms with E-state index in [-0.39, 0.29) is 5.91 Å². The molecule has 0 saturated heterocycles. The molecular weight excluding hydrogens is 280 g/mol. The van der Waals surface area contributed by atoms with Gasteiger partial charge in [0.2, 0.25) is 5.91 Å². The highest BCUT2D eigenvalue weighted by molar-refractivity contribution is 7.07. The molecule has 4 heteroatoms. The van der Waals surface area contributed by atoms with E-state index in [1.807, 2.05) is 40.6 Å². The second-order valence-corrected chi connectivity index (χ2v) is 6.11. The Morgan fingerprint density at radius 2 is 2.24 bits per heavy atom. The molecule has 1 heterocycles. The maximum atomic E-state index is 12.4. The lowest BCUT2D eigenvalue weighted by Gasteiger charge is -2.20. The van der Waals surface area contributed by atoms with Gasteiger partial charge in [-0.1, -0.05) is 12.1 Å². The molecular formula is C17H18N2OS. The number of carbonyl (C=O) groups is 1. The number of thiophene rings is 1. The topological polar surface area (TPSA) is 46.3 Å². The van der Waals surface area contributed by atoms with Crippen molar-refractivity contribution >= 4 is 29.0 Å². The lowest BCUT2D eigenvalue weighted by atomic mass is 10.2. The van der Waals surface area contributed by atoms with E-state index < -0.39 is 0 Å². The van der Waals surface area contributed by atoms with Crippen LogP contribution in [0.4, 0.5) is 5.69 Å². The van der Waals surface area contributed by atoms with Crippen LogP contribution in [0.5, 0.6) is 0 Å². The van der Waals surface area contributed by atoms with Crippen LogP contribution in [0.3, 0.4) is 0 Å². The van der Waals surface area contributed by atoms with Crippen LogP contribution >= 0.6 is 11.3 Å². The number of hydrogen-bond donors (Lipinski definition) is 1. The molecule has 0 unspecified atom stereocenters. The van der Waals surface area contributed by atoms with E-state index in [2.05, 4.69) is 11.4 Å². The van der Waals surface area contributed by atoms with Crippen molar-refractivity contribution in [2.45, 2.75) is 25.4 Å². The van der Waals surface area contributed by atoms with E-state index in [0.717, 1.165) is 18.4 Å². The Bertz CT molecular complexity index is 645. The fourth-order valence-corrected chi connectivity index (χ4v) is 2.94. The molecule has 2 aromatic rings. The zero-order valence-corrected chi connectivity index (χ0v) is 12.6. The average Bonchev–Trinajstić information content (AvgIpc) is 3.19. The van der Waals surface area contributed by atoms with Crippen molar-refractivity contribution in [2.24, 2.45) is 0 Å². The predicted octanol–water partition coefficient (Wildman–Crippen LogP) is 3.53. The molecule has 108 valence electrons. The van der Waals surface area contributed by atoms with Crippen LogP contribution in [0.2, 0.25) is 0 Å². The van der Waals surface area contributed by atoms with E-state index in [9.17, 15) is 4.79 Å². The van der Waals surface area contributed by atoms with Crippen molar-refractivity contribution in [3.63, 3.8) is 0 Å². The molecule has 0 spiro atoms. The van der Waals surface area contributed by atoms with Crippen molar-refractivity contribution in [3.05, 3.63) is 58.3 Å². The van der Waals surface area contributed by atoms with Crippen molar-refractivity contribution in [1.29, 1.82) is 0 Å². The number of benzene rings is 1. The molecule has 0 radical (unpaired) electrons.